The van der Waals surface area contributed by atoms with Gasteiger partial charge in [-0.3, -0.25) is 24.5 Å². The van der Waals surface area contributed by atoms with Gasteiger partial charge in [0.05, 0.1) is 36.3 Å². The molecule has 0 aliphatic carbocycles. The number of amides is 3. The summed E-state index contributed by atoms with van der Waals surface area (Å²) in [5, 5.41) is 21.8. The van der Waals surface area contributed by atoms with E-state index in [4.69, 9.17) is 4.74 Å². The average Bonchev–Trinajstić information content (AvgIpc) is 3.53. The van der Waals surface area contributed by atoms with Crippen LogP contribution in [0.1, 0.15) is 62.1 Å². The van der Waals surface area contributed by atoms with Gasteiger partial charge in [-0.2, -0.15) is 0 Å². The second-order valence-electron chi connectivity index (χ2n) is 14.7. The molecule has 0 radical (unpaired) electrons. The van der Waals surface area contributed by atoms with E-state index in [1.807, 2.05) is 59.5 Å². The molecule has 11 nitrogen and oxygen atoms in total. The number of hydrogen-bond donors (Lipinski definition) is 1. The molecule has 3 amide bonds. The Morgan fingerprint density at radius 1 is 1.04 bits per heavy atom. The van der Waals surface area contributed by atoms with Crippen LogP contribution in [0.5, 0.6) is 0 Å². The van der Waals surface area contributed by atoms with Crippen molar-refractivity contribution < 1.29 is 33.3 Å². The number of nitro groups is 1. The number of anilines is 2. The van der Waals surface area contributed by atoms with Gasteiger partial charge < -0.3 is 28.7 Å². The zero-order valence-corrected chi connectivity index (χ0v) is 31.0. The van der Waals surface area contributed by atoms with Crippen LogP contribution in [0.25, 0.3) is 0 Å². The molecule has 2 fully saturated rings. The summed E-state index contributed by atoms with van der Waals surface area (Å²) in [5.74, 6) is -1.48. The van der Waals surface area contributed by atoms with E-state index in [0.29, 0.717) is 18.7 Å². The van der Waals surface area contributed by atoms with Crippen LogP contribution in [0.3, 0.4) is 0 Å². The van der Waals surface area contributed by atoms with Crippen LogP contribution in [-0.4, -0.2) is 66.9 Å². The van der Waals surface area contributed by atoms with E-state index in [0.717, 1.165) is 42.5 Å². The lowest BCUT2D eigenvalue weighted by molar-refractivity contribution is -0.385. The summed E-state index contributed by atoms with van der Waals surface area (Å²) in [6.07, 6.45) is 3.22. The number of halogens is 1. The monoisotopic (exact) mass is 730 g/mol. The summed E-state index contributed by atoms with van der Waals surface area (Å²) in [4.78, 5) is 57.9. The molecule has 3 heterocycles. The van der Waals surface area contributed by atoms with Gasteiger partial charge in [-0.05, 0) is 55.3 Å². The number of rotatable bonds is 11. The first-order valence-corrected chi connectivity index (χ1v) is 21.1. The Bertz CT molecular complexity index is 1800. The molecule has 3 aromatic carbocycles. The van der Waals surface area contributed by atoms with Crippen LogP contribution in [0.2, 0.25) is 18.6 Å². The molecule has 0 bridgehead atoms. The number of ether oxygens (including phenoxy) is 1. The highest BCUT2D eigenvalue weighted by Crippen LogP contribution is 2.60. The van der Waals surface area contributed by atoms with Crippen molar-refractivity contribution >= 4 is 43.2 Å². The first-order chi connectivity index (χ1) is 24.8. The Morgan fingerprint density at radius 2 is 1.75 bits per heavy atom. The minimum absolute atomic E-state index is 0.0642. The number of nitro benzene ring substituents is 1. The summed E-state index contributed by atoms with van der Waals surface area (Å²) < 4.78 is 23.1. The Kier molecular flexibility index (Phi) is 10.9. The van der Waals surface area contributed by atoms with Gasteiger partial charge in [0.25, 0.3) is 11.6 Å². The molecule has 0 aromatic heterocycles. The van der Waals surface area contributed by atoms with E-state index in [9.17, 15) is 29.6 Å². The lowest BCUT2D eigenvalue weighted by Crippen LogP contribution is -2.45. The lowest BCUT2D eigenvalue weighted by atomic mass is 9.82. The second kappa shape index (κ2) is 15.3. The summed E-state index contributed by atoms with van der Waals surface area (Å²) >= 11 is 0. The first-order valence-electron chi connectivity index (χ1n) is 18.1. The van der Waals surface area contributed by atoms with Crippen molar-refractivity contribution in [3.8, 4) is 0 Å². The van der Waals surface area contributed by atoms with Gasteiger partial charge >= 0.3 is 0 Å². The fourth-order valence-electron chi connectivity index (χ4n) is 8.42. The van der Waals surface area contributed by atoms with Crippen molar-refractivity contribution in [2.45, 2.75) is 88.9 Å². The molecular weight excluding hydrogens is 684 g/mol. The number of fused-ring (bicyclic) bond motifs is 2. The highest BCUT2D eigenvalue weighted by atomic mass is 28.4. The highest BCUT2D eigenvalue weighted by Gasteiger charge is 2.67. The van der Waals surface area contributed by atoms with E-state index in [2.05, 4.69) is 0 Å². The first kappa shape index (κ1) is 37.3. The minimum Gasteiger partial charge on any atom is -0.395 e. The fourth-order valence-corrected chi connectivity index (χ4v) is 10.9. The smallest absolute Gasteiger partial charge is 0.269 e. The third-order valence-corrected chi connectivity index (χ3v) is 13.3. The van der Waals surface area contributed by atoms with Crippen LogP contribution in [-0.2, 0) is 37.8 Å². The topological polar surface area (TPSA) is 134 Å². The Balaban J connectivity index is 1.32. The maximum Gasteiger partial charge on any atom is 0.269 e. The van der Waals surface area contributed by atoms with Crippen molar-refractivity contribution in [1.82, 2.24) is 4.90 Å². The molecule has 52 heavy (non-hydrogen) atoms. The summed E-state index contributed by atoms with van der Waals surface area (Å²) in [6, 6.07) is 21.1. The number of aliphatic hydroxyl groups excluding tert-OH is 1. The molecule has 6 rings (SSSR count). The number of benzene rings is 3. The number of carbonyl (C=O) groups is 3. The molecule has 1 N–H and O–H groups in total. The van der Waals surface area contributed by atoms with E-state index in [1.54, 1.807) is 6.92 Å². The third kappa shape index (κ3) is 7.26. The van der Waals surface area contributed by atoms with Crippen molar-refractivity contribution in [2.75, 3.05) is 29.5 Å². The average molecular weight is 731 g/mol. The quantitative estimate of drug-likeness (QED) is 0.101. The molecule has 4 atom stereocenters. The van der Waals surface area contributed by atoms with Crippen molar-refractivity contribution in [1.29, 1.82) is 0 Å². The van der Waals surface area contributed by atoms with Crippen molar-refractivity contribution in [3.05, 3.63) is 99.6 Å². The second-order valence-corrected chi connectivity index (χ2v) is 18.5. The number of nitrogens with zero attached hydrogens (tertiary/aromatic N) is 4. The SMILES string of the molecule is C[C@H]1[C@H]([Si](C)(C)F)[C@@H](CC(=O)N(CCO)Cc2ccccc2)O[C@]12C(=O)N(Cc1ccc(N3CCCCCCC3=O)cc1)c1ccc([N+](=O)[O-])cc12. The van der Waals surface area contributed by atoms with E-state index >= 15 is 4.11 Å². The third-order valence-electron chi connectivity index (χ3n) is 10.9. The van der Waals surface area contributed by atoms with Crippen LogP contribution >= 0.6 is 0 Å². The molecule has 3 aliphatic heterocycles. The Morgan fingerprint density at radius 3 is 2.42 bits per heavy atom. The van der Waals surface area contributed by atoms with Gasteiger partial charge in [-0.15, -0.1) is 0 Å². The predicted molar refractivity (Wildman–Crippen MR) is 198 cm³/mol. The zero-order valence-electron chi connectivity index (χ0n) is 30.0. The van der Waals surface area contributed by atoms with Gasteiger partial charge in [-0.25, -0.2) is 0 Å². The van der Waals surface area contributed by atoms with Gasteiger partial charge in [0, 0.05) is 60.9 Å². The molecule has 3 aromatic rings. The molecule has 1 spiro atoms. The number of hydrogen-bond acceptors (Lipinski definition) is 7. The van der Waals surface area contributed by atoms with Gasteiger partial charge in [-0.1, -0.05) is 62.2 Å². The molecule has 13 heteroatoms. The normalized spacial score (nSPS) is 23.4. The van der Waals surface area contributed by atoms with E-state index < -0.39 is 42.4 Å². The van der Waals surface area contributed by atoms with Crippen molar-refractivity contribution in [3.63, 3.8) is 0 Å². The standard InChI is InChI=1S/C39H47FN4O7Si/c1-27-37(52(2,3)40)34(24-36(47)41(21-22-45)25-28-11-7-6-8-12-28)51-39(27)32-23-31(44(49)50)18-19-33(32)43(38(39)48)26-29-14-16-30(17-15-29)42-20-10-5-4-9-13-35(42)46/h6-8,11-12,14-19,23,27,34,37,45H,4-5,9-10,13,20-22,24-26H2,1-3H3/t27-,34+,37-,39+/m0/s1. The van der Waals surface area contributed by atoms with Crippen LogP contribution < -0.4 is 9.80 Å². The van der Waals surface area contributed by atoms with Crippen LogP contribution in [0.15, 0.2) is 72.8 Å². The molecule has 276 valence electrons. The zero-order chi connectivity index (χ0) is 37.2. The molecule has 3 aliphatic rings. The van der Waals surface area contributed by atoms with E-state index in [-0.39, 0.29) is 55.7 Å². The maximum absolute atomic E-state index is 16.4. The number of carbonyl (C=O) groups excluding carboxylic acids is 3. The van der Waals surface area contributed by atoms with Gasteiger partial charge in [0.1, 0.15) is 0 Å². The highest BCUT2D eigenvalue weighted by molar-refractivity contribution is 6.72. The predicted octanol–water partition coefficient (Wildman–Crippen LogP) is 6.62. The fraction of sp³-hybridized carbons (Fsp3) is 0.462. The minimum atomic E-state index is -3.64. The van der Waals surface area contributed by atoms with Crippen LogP contribution in [0.4, 0.5) is 21.2 Å². The number of non-ortho nitro benzene ring substituents is 1. The largest absolute Gasteiger partial charge is 0.395 e. The summed E-state index contributed by atoms with van der Waals surface area (Å²) in [6.45, 7) is 5.61. The summed E-state index contributed by atoms with van der Waals surface area (Å²) in [7, 11) is -3.64. The van der Waals surface area contributed by atoms with Gasteiger partial charge in [0.15, 0.2) is 5.60 Å². The Hall–Kier alpha value is -4.46. The maximum atomic E-state index is 16.4. The van der Waals surface area contributed by atoms with Gasteiger partial charge in [0.2, 0.25) is 20.2 Å². The lowest BCUT2D eigenvalue weighted by Gasteiger charge is -2.31. The molecular formula is C39H47FN4O7Si. The molecule has 0 saturated carbocycles. The van der Waals surface area contributed by atoms with Crippen LogP contribution in [0, 0.1) is 16.0 Å². The van der Waals surface area contributed by atoms with Crippen molar-refractivity contribution in [2.24, 2.45) is 5.92 Å². The number of aliphatic hydroxyl groups is 1. The Labute approximate surface area is 304 Å². The molecule has 2 saturated heterocycles. The molecule has 0 unspecified atom stereocenters. The van der Waals surface area contributed by atoms with E-state index in [1.165, 1.54) is 41.1 Å². The summed E-state index contributed by atoms with van der Waals surface area (Å²) in [5.41, 5.74) is 0.362.